The lowest BCUT2D eigenvalue weighted by Gasteiger charge is -2.30. The molecule has 0 unspecified atom stereocenters. The van der Waals surface area contributed by atoms with Crippen LogP contribution in [0.1, 0.15) is 22.4 Å². The largest absolute Gasteiger partial charge is 0.456 e. The predicted molar refractivity (Wildman–Crippen MR) is 97.0 cm³/mol. The number of aromatic nitrogens is 3. The van der Waals surface area contributed by atoms with Crippen molar-refractivity contribution >= 4 is 5.82 Å². The second-order valence-corrected chi connectivity index (χ2v) is 6.48. The van der Waals surface area contributed by atoms with Gasteiger partial charge in [0.15, 0.2) is 5.82 Å². The maximum Gasteiger partial charge on any atom is 0.154 e. The van der Waals surface area contributed by atoms with Crippen molar-refractivity contribution in [3.63, 3.8) is 0 Å². The summed E-state index contributed by atoms with van der Waals surface area (Å²) >= 11 is 0. The molecule has 3 aromatic rings. The molecule has 0 atom stereocenters. The average molecular weight is 350 g/mol. The van der Waals surface area contributed by atoms with Crippen LogP contribution in [0.15, 0.2) is 42.7 Å². The lowest BCUT2D eigenvalue weighted by molar-refractivity contribution is 0.475. The highest BCUT2D eigenvalue weighted by molar-refractivity contribution is 5.50. The van der Waals surface area contributed by atoms with E-state index in [0.717, 1.165) is 41.2 Å². The Labute approximate surface area is 151 Å². The van der Waals surface area contributed by atoms with Crippen LogP contribution in [0.25, 0.3) is 0 Å². The van der Waals surface area contributed by atoms with Crippen molar-refractivity contribution in [2.24, 2.45) is 0 Å². The van der Waals surface area contributed by atoms with Gasteiger partial charge < -0.3 is 9.64 Å². The Balaban J connectivity index is 1.58. The number of hydrogen-bond donors (Lipinski definition) is 0. The van der Waals surface area contributed by atoms with E-state index in [1.807, 2.05) is 13.0 Å². The van der Waals surface area contributed by atoms with Gasteiger partial charge in [-0.15, -0.1) is 5.10 Å². The third kappa shape index (κ3) is 3.22. The van der Waals surface area contributed by atoms with Gasteiger partial charge in [-0.25, -0.2) is 4.39 Å². The Kier molecular flexibility index (Phi) is 4.24. The second kappa shape index (κ2) is 6.71. The van der Waals surface area contributed by atoms with E-state index in [2.05, 4.69) is 27.0 Å². The Bertz CT molecular complexity index is 943. The molecule has 0 saturated heterocycles. The van der Waals surface area contributed by atoms with Crippen molar-refractivity contribution < 1.29 is 9.13 Å². The SMILES string of the molecule is Cc1cnnc(N2CCc3ncc(Oc4ccc(F)cc4)cc3C2)c1C. The quantitative estimate of drug-likeness (QED) is 0.715. The number of ether oxygens (including phenoxy) is 1. The summed E-state index contributed by atoms with van der Waals surface area (Å²) in [7, 11) is 0. The zero-order chi connectivity index (χ0) is 18.1. The highest BCUT2D eigenvalue weighted by Crippen LogP contribution is 2.29. The summed E-state index contributed by atoms with van der Waals surface area (Å²) in [5.41, 5.74) is 4.46. The van der Waals surface area contributed by atoms with Crippen molar-refractivity contribution in [2.75, 3.05) is 11.4 Å². The van der Waals surface area contributed by atoms with E-state index in [0.29, 0.717) is 18.0 Å². The van der Waals surface area contributed by atoms with Crippen molar-refractivity contribution in [3.05, 3.63) is 70.9 Å². The summed E-state index contributed by atoms with van der Waals surface area (Å²) < 4.78 is 18.8. The number of anilines is 1. The summed E-state index contributed by atoms with van der Waals surface area (Å²) in [5, 5.41) is 8.42. The highest BCUT2D eigenvalue weighted by Gasteiger charge is 2.21. The third-order valence-corrected chi connectivity index (χ3v) is 4.69. The van der Waals surface area contributed by atoms with Crippen LogP contribution in [0.2, 0.25) is 0 Å². The van der Waals surface area contributed by atoms with Crippen molar-refractivity contribution in [3.8, 4) is 11.5 Å². The maximum absolute atomic E-state index is 13.0. The molecule has 5 nitrogen and oxygen atoms in total. The van der Waals surface area contributed by atoms with Gasteiger partial charge in [-0.05, 0) is 60.9 Å². The summed E-state index contributed by atoms with van der Waals surface area (Å²) in [6.07, 6.45) is 4.35. The molecule has 0 amide bonds. The fraction of sp³-hybridized carbons (Fsp3) is 0.250. The van der Waals surface area contributed by atoms with E-state index in [1.165, 1.54) is 12.1 Å². The lowest BCUT2D eigenvalue weighted by Crippen LogP contribution is -2.32. The first-order valence-corrected chi connectivity index (χ1v) is 8.55. The highest BCUT2D eigenvalue weighted by atomic mass is 19.1. The Morgan fingerprint density at radius 3 is 2.69 bits per heavy atom. The molecule has 0 saturated carbocycles. The molecule has 0 aliphatic carbocycles. The van der Waals surface area contributed by atoms with Crippen molar-refractivity contribution in [2.45, 2.75) is 26.8 Å². The predicted octanol–water partition coefficient (Wildman–Crippen LogP) is 3.98. The van der Waals surface area contributed by atoms with Crippen molar-refractivity contribution in [1.82, 2.24) is 15.2 Å². The molecule has 0 N–H and O–H groups in total. The van der Waals surface area contributed by atoms with Gasteiger partial charge in [0.1, 0.15) is 17.3 Å². The first-order chi connectivity index (χ1) is 12.6. The van der Waals surface area contributed by atoms with Crippen LogP contribution in [-0.4, -0.2) is 21.7 Å². The number of nitrogens with zero attached hydrogens (tertiary/aromatic N) is 4. The number of rotatable bonds is 3. The molecular formula is C20H19FN4O. The molecule has 0 spiro atoms. The fourth-order valence-corrected chi connectivity index (χ4v) is 3.10. The van der Waals surface area contributed by atoms with Gasteiger partial charge in [0.25, 0.3) is 0 Å². The molecule has 0 bridgehead atoms. The van der Waals surface area contributed by atoms with E-state index in [1.54, 1.807) is 24.5 Å². The van der Waals surface area contributed by atoms with E-state index < -0.39 is 0 Å². The molecule has 2 aromatic heterocycles. The van der Waals surface area contributed by atoms with E-state index in [-0.39, 0.29) is 5.82 Å². The minimum Gasteiger partial charge on any atom is -0.456 e. The van der Waals surface area contributed by atoms with Crippen LogP contribution in [0.5, 0.6) is 11.5 Å². The summed E-state index contributed by atoms with van der Waals surface area (Å²) in [5.74, 6) is 1.86. The maximum atomic E-state index is 13.0. The number of pyridine rings is 1. The monoisotopic (exact) mass is 350 g/mol. The smallest absolute Gasteiger partial charge is 0.154 e. The number of aryl methyl sites for hydroxylation is 1. The molecule has 3 heterocycles. The fourth-order valence-electron chi connectivity index (χ4n) is 3.10. The van der Waals surface area contributed by atoms with Gasteiger partial charge in [0.2, 0.25) is 0 Å². The third-order valence-electron chi connectivity index (χ3n) is 4.69. The van der Waals surface area contributed by atoms with Crippen LogP contribution in [0.4, 0.5) is 10.2 Å². The summed E-state index contributed by atoms with van der Waals surface area (Å²) in [4.78, 5) is 6.76. The van der Waals surface area contributed by atoms with Gasteiger partial charge in [-0.1, -0.05) is 0 Å². The first-order valence-electron chi connectivity index (χ1n) is 8.55. The van der Waals surface area contributed by atoms with Crippen LogP contribution >= 0.6 is 0 Å². The van der Waals surface area contributed by atoms with Crippen LogP contribution < -0.4 is 9.64 Å². The Morgan fingerprint density at radius 2 is 1.88 bits per heavy atom. The minimum absolute atomic E-state index is 0.286. The molecule has 26 heavy (non-hydrogen) atoms. The molecule has 1 aliphatic heterocycles. The van der Waals surface area contributed by atoms with E-state index >= 15 is 0 Å². The number of hydrogen-bond acceptors (Lipinski definition) is 5. The zero-order valence-electron chi connectivity index (χ0n) is 14.7. The Morgan fingerprint density at radius 1 is 1.08 bits per heavy atom. The van der Waals surface area contributed by atoms with Crippen LogP contribution in [0, 0.1) is 19.7 Å². The molecule has 1 aliphatic rings. The van der Waals surface area contributed by atoms with Gasteiger partial charge in [-0.2, -0.15) is 5.10 Å². The molecule has 6 heteroatoms. The molecule has 1 aromatic carbocycles. The van der Waals surface area contributed by atoms with E-state index in [9.17, 15) is 4.39 Å². The summed E-state index contributed by atoms with van der Waals surface area (Å²) in [6, 6.07) is 7.96. The summed E-state index contributed by atoms with van der Waals surface area (Å²) in [6.45, 7) is 5.68. The van der Waals surface area contributed by atoms with Gasteiger partial charge in [0.05, 0.1) is 12.4 Å². The van der Waals surface area contributed by atoms with Crippen molar-refractivity contribution in [1.29, 1.82) is 0 Å². The minimum atomic E-state index is -0.286. The molecule has 0 radical (unpaired) electrons. The van der Waals surface area contributed by atoms with Gasteiger partial charge in [0, 0.05) is 25.2 Å². The molecule has 4 rings (SSSR count). The molecule has 0 fully saturated rings. The van der Waals surface area contributed by atoms with Gasteiger partial charge >= 0.3 is 0 Å². The lowest BCUT2D eigenvalue weighted by atomic mass is 10.0. The Hall–Kier alpha value is -3.02. The zero-order valence-corrected chi connectivity index (χ0v) is 14.7. The van der Waals surface area contributed by atoms with Gasteiger partial charge in [-0.3, -0.25) is 4.98 Å². The van der Waals surface area contributed by atoms with Crippen LogP contribution in [0.3, 0.4) is 0 Å². The number of benzene rings is 1. The topological polar surface area (TPSA) is 51.1 Å². The second-order valence-electron chi connectivity index (χ2n) is 6.48. The average Bonchev–Trinajstić information content (AvgIpc) is 2.65. The number of fused-ring (bicyclic) bond motifs is 1. The first kappa shape index (κ1) is 16.4. The van der Waals surface area contributed by atoms with Crippen LogP contribution in [-0.2, 0) is 13.0 Å². The van der Waals surface area contributed by atoms with E-state index in [4.69, 9.17) is 4.74 Å². The molecule has 132 valence electrons. The normalized spacial score (nSPS) is 13.4. The molecular weight excluding hydrogens is 331 g/mol. The standard InChI is InChI=1S/C20H19FN4O/c1-13-10-23-24-20(14(13)2)25-8-7-19-15(12-25)9-18(11-22-19)26-17-5-3-16(21)4-6-17/h3-6,9-11H,7-8,12H2,1-2H3. The number of halogens is 1.